The van der Waals surface area contributed by atoms with Crippen molar-refractivity contribution in [3.63, 3.8) is 0 Å². The zero-order chi connectivity index (χ0) is 18.6. The van der Waals surface area contributed by atoms with Crippen LogP contribution in [0.3, 0.4) is 0 Å². The molecule has 0 fully saturated rings. The molecule has 0 saturated heterocycles. The number of carbonyl (C=O) groups is 1. The van der Waals surface area contributed by atoms with Crippen molar-refractivity contribution in [1.29, 1.82) is 0 Å². The fourth-order valence-corrected chi connectivity index (χ4v) is 2.75. The molecule has 4 rings (SSSR count). The SMILES string of the molecule is CCn1nnnc1-c1cccc(C(=O)Nc2ccc(-n3cccn3)cc2)c1. The maximum Gasteiger partial charge on any atom is 0.255 e. The standard InChI is InChI=1S/C19H17N7O/c1-2-25-18(22-23-24-25)14-5-3-6-15(13-14)19(27)21-16-7-9-17(10-8-16)26-12-4-11-20-26/h3-13H,2H2,1H3,(H,21,27). The van der Waals surface area contributed by atoms with Gasteiger partial charge in [0.1, 0.15) is 0 Å². The van der Waals surface area contributed by atoms with Crippen LogP contribution in [0.25, 0.3) is 17.1 Å². The predicted octanol–water partition coefficient (Wildman–Crippen LogP) is 2.80. The first kappa shape index (κ1) is 16.6. The number of tetrazole rings is 1. The number of aromatic nitrogens is 6. The Morgan fingerprint density at radius 1 is 1.11 bits per heavy atom. The van der Waals surface area contributed by atoms with Gasteiger partial charge in [-0.25, -0.2) is 9.36 Å². The van der Waals surface area contributed by atoms with Gasteiger partial charge in [-0.1, -0.05) is 12.1 Å². The topological polar surface area (TPSA) is 90.5 Å². The van der Waals surface area contributed by atoms with E-state index in [9.17, 15) is 4.79 Å². The van der Waals surface area contributed by atoms with Gasteiger partial charge < -0.3 is 5.32 Å². The largest absolute Gasteiger partial charge is 0.322 e. The van der Waals surface area contributed by atoms with E-state index in [0.717, 1.165) is 11.3 Å². The maximum absolute atomic E-state index is 12.6. The molecule has 0 radical (unpaired) electrons. The predicted molar refractivity (Wildman–Crippen MR) is 100 cm³/mol. The van der Waals surface area contributed by atoms with E-state index in [1.807, 2.05) is 55.6 Å². The lowest BCUT2D eigenvalue weighted by molar-refractivity contribution is 0.102. The lowest BCUT2D eigenvalue weighted by Gasteiger charge is -2.08. The van der Waals surface area contributed by atoms with Crippen LogP contribution in [-0.2, 0) is 6.54 Å². The van der Waals surface area contributed by atoms with Crippen LogP contribution >= 0.6 is 0 Å². The Bertz CT molecular complexity index is 1050. The second kappa shape index (κ2) is 7.20. The van der Waals surface area contributed by atoms with Crippen molar-refractivity contribution in [2.24, 2.45) is 0 Å². The molecule has 1 amide bonds. The number of amides is 1. The van der Waals surface area contributed by atoms with Crippen LogP contribution < -0.4 is 5.32 Å². The first-order chi connectivity index (χ1) is 13.2. The molecule has 0 aliphatic heterocycles. The molecule has 134 valence electrons. The maximum atomic E-state index is 12.6. The van der Waals surface area contributed by atoms with Crippen LogP contribution in [0.2, 0.25) is 0 Å². The van der Waals surface area contributed by atoms with Gasteiger partial charge in [0.25, 0.3) is 5.91 Å². The minimum atomic E-state index is -0.195. The number of carbonyl (C=O) groups excluding carboxylic acids is 1. The van der Waals surface area contributed by atoms with E-state index in [0.29, 0.717) is 23.6 Å². The van der Waals surface area contributed by atoms with Gasteiger partial charge in [-0.2, -0.15) is 5.10 Å². The van der Waals surface area contributed by atoms with Crippen LogP contribution in [0.5, 0.6) is 0 Å². The van der Waals surface area contributed by atoms with E-state index in [2.05, 4.69) is 25.9 Å². The van der Waals surface area contributed by atoms with Crippen LogP contribution in [-0.4, -0.2) is 35.9 Å². The Balaban J connectivity index is 1.52. The fraction of sp³-hybridized carbons (Fsp3) is 0.105. The molecular formula is C19H17N7O. The van der Waals surface area contributed by atoms with E-state index in [-0.39, 0.29) is 5.91 Å². The van der Waals surface area contributed by atoms with Crippen LogP contribution in [0, 0.1) is 0 Å². The quantitative estimate of drug-likeness (QED) is 0.592. The summed E-state index contributed by atoms with van der Waals surface area (Å²) < 4.78 is 3.44. The van der Waals surface area contributed by atoms with E-state index in [1.165, 1.54) is 0 Å². The minimum absolute atomic E-state index is 0.195. The van der Waals surface area contributed by atoms with E-state index in [1.54, 1.807) is 27.7 Å². The number of benzene rings is 2. The van der Waals surface area contributed by atoms with Gasteiger partial charge in [-0.05, 0) is 59.8 Å². The van der Waals surface area contributed by atoms with Crippen molar-refractivity contribution in [2.45, 2.75) is 13.5 Å². The number of anilines is 1. The van der Waals surface area contributed by atoms with Gasteiger partial charge in [-0.15, -0.1) is 5.10 Å². The number of nitrogens with zero attached hydrogens (tertiary/aromatic N) is 6. The van der Waals surface area contributed by atoms with E-state index < -0.39 is 0 Å². The summed E-state index contributed by atoms with van der Waals surface area (Å²) >= 11 is 0. The molecule has 1 N–H and O–H groups in total. The summed E-state index contributed by atoms with van der Waals surface area (Å²) in [6.07, 6.45) is 3.58. The number of rotatable bonds is 5. The average molecular weight is 359 g/mol. The van der Waals surface area contributed by atoms with Crippen LogP contribution in [0.15, 0.2) is 67.0 Å². The van der Waals surface area contributed by atoms with Gasteiger partial charge >= 0.3 is 0 Å². The zero-order valence-corrected chi connectivity index (χ0v) is 14.6. The number of hydrogen-bond acceptors (Lipinski definition) is 5. The number of aryl methyl sites for hydroxylation is 1. The van der Waals surface area contributed by atoms with Crippen molar-refractivity contribution < 1.29 is 4.79 Å². The molecule has 0 saturated carbocycles. The van der Waals surface area contributed by atoms with Crippen molar-refractivity contribution in [1.82, 2.24) is 30.0 Å². The van der Waals surface area contributed by atoms with Gasteiger partial charge in [0.2, 0.25) is 0 Å². The molecule has 27 heavy (non-hydrogen) atoms. The molecule has 0 spiro atoms. The molecule has 0 aliphatic carbocycles. The molecular weight excluding hydrogens is 342 g/mol. The third-order valence-corrected chi connectivity index (χ3v) is 4.11. The highest BCUT2D eigenvalue weighted by molar-refractivity contribution is 6.04. The Kier molecular flexibility index (Phi) is 4.44. The first-order valence-electron chi connectivity index (χ1n) is 8.52. The molecule has 8 heteroatoms. The Labute approximate surface area is 155 Å². The molecule has 0 bridgehead atoms. The highest BCUT2D eigenvalue weighted by Crippen LogP contribution is 2.19. The second-order valence-corrected chi connectivity index (χ2v) is 5.85. The summed E-state index contributed by atoms with van der Waals surface area (Å²) in [7, 11) is 0. The smallest absolute Gasteiger partial charge is 0.255 e. The summed E-state index contributed by atoms with van der Waals surface area (Å²) in [5.74, 6) is 0.440. The highest BCUT2D eigenvalue weighted by atomic mass is 16.1. The molecule has 2 aromatic carbocycles. The Morgan fingerprint density at radius 2 is 1.96 bits per heavy atom. The van der Waals surface area contributed by atoms with E-state index in [4.69, 9.17) is 0 Å². The van der Waals surface area contributed by atoms with Crippen molar-refractivity contribution in [3.8, 4) is 17.1 Å². The molecule has 0 atom stereocenters. The monoisotopic (exact) mass is 359 g/mol. The zero-order valence-electron chi connectivity index (χ0n) is 14.6. The average Bonchev–Trinajstić information content (AvgIpc) is 3.40. The first-order valence-corrected chi connectivity index (χ1v) is 8.52. The lowest BCUT2D eigenvalue weighted by atomic mass is 10.1. The van der Waals surface area contributed by atoms with Crippen molar-refractivity contribution in [3.05, 3.63) is 72.6 Å². The van der Waals surface area contributed by atoms with Crippen LogP contribution in [0.1, 0.15) is 17.3 Å². The molecule has 0 unspecified atom stereocenters. The summed E-state index contributed by atoms with van der Waals surface area (Å²) in [4.78, 5) is 12.6. The normalized spacial score (nSPS) is 10.7. The summed E-state index contributed by atoms with van der Waals surface area (Å²) in [6.45, 7) is 2.62. The minimum Gasteiger partial charge on any atom is -0.322 e. The molecule has 2 heterocycles. The molecule has 2 aromatic heterocycles. The third kappa shape index (κ3) is 3.45. The number of hydrogen-bond donors (Lipinski definition) is 1. The third-order valence-electron chi connectivity index (χ3n) is 4.11. The second-order valence-electron chi connectivity index (χ2n) is 5.85. The molecule has 0 aliphatic rings. The van der Waals surface area contributed by atoms with Gasteiger partial charge in [0, 0.05) is 35.8 Å². The molecule has 4 aromatic rings. The lowest BCUT2D eigenvalue weighted by Crippen LogP contribution is -2.12. The van der Waals surface area contributed by atoms with Crippen molar-refractivity contribution >= 4 is 11.6 Å². The van der Waals surface area contributed by atoms with Crippen molar-refractivity contribution in [2.75, 3.05) is 5.32 Å². The van der Waals surface area contributed by atoms with Crippen LogP contribution in [0.4, 0.5) is 5.69 Å². The van der Waals surface area contributed by atoms with Gasteiger partial charge in [0.15, 0.2) is 5.82 Å². The molecule has 8 nitrogen and oxygen atoms in total. The van der Waals surface area contributed by atoms with E-state index >= 15 is 0 Å². The highest BCUT2D eigenvalue weighted by Gasteiger charge is 2.12. The summed E-state index contributed by atoms with van der Waals surface area (Å²) in [6, 6.07) is 16.6. The summed E-state index contributed by atoms with van der Waals surface area (Å²) in [5.41, 5.74) is 2.96. The summed E-state index contributed by atoms with van der Waals surface area (Å²) in [5, 5.41) is 18.8. The van der Waals surface area contributed by atoms with Gasteiger partial charge in [-0.3, -0.25) is 4.79 Å². The number of nitrogens with one attached hydrogen (secondary N) is 1. The Morgan fingerprint density at radius 3 is 2.70 bits per heavy atom. The van der Waals surface area contributed by atoms with Gasteiger partial charge in [0.05, 0.1) is 5.69 Å². The fourth-order valence-electron chi connectivity index (χ4n) is 2.75. The Hall–Kier alpha value is -3.81.